The number of fused-ring (bicyclic) bond motifs is 1. The fourth-order valence-electron chi connectivity index (χ4n) is 4.87. The first-order valence-corrected chi connectivity index (χ1v) is 14.3. The van der Waals surface area contributed by atoms with E-state index in [-0.39, 0.29) is 16.7 Å². The molecule has 0 atom stereocenters. The minimum absolute atomic E-state index is 0.106. The van der Waals surface area contributed by atoms with Crippen LogP contribution in [0.5, 0.6) is 5.75 Å². The second kappa shape index (κ2) is 11.4. The van der Waals surface area contributed by atoms with Crippen LogP contribution < -0.4 is 4.74 Å². The average molecular weight is 499 g/mol. The van der Waals surface area contributed by atoms with Gasteiger partial charge in [-0.05, 0) is 60.9 Å². The molecule has 0 radical (unpaired) electrons. The van der Waals surface area contributed by atoms with Crippen LogP contribution in [0.15, 0.2) is 41.3 Å². The molecule has 0 fully saturated rings. The summed E-state index contributed by atoms with van der Waals surface area (Å²) in [7, 11) is -3.47. The van der Waals surface area contributed by atoms with Crippen LogP contribution in [0.2, 0.25) is 0 Å². The van der Waals surface area contributed by atoms with E-state index in [0.717, 1.165) is 43.2 Å². The third-order valence-electron chi connectivity index (χ3n) is 6.81. The summed E-state index contributed by atoms with van der Waals surface area (Å²) in [5.41, 5.74) is 2.47. The summed E-state index contributed by atoms with van der Waals surface area (Å²) >= 11 is 0. The Morgan fingerprint density at radius 1 is 1.14 bits per heavy atom. The van der Waals surface area contributed by atoms with E-state index in [4.69, 9.17) is 4.74 Å². The molecule has 0 amide bonds. The van der Waals surface area contributed by atoms with E-state index in [9.17, 15) is 18.3 Å². The molecule has 1 N–H and O–H groups in total. The van der Waals surface area contributed by atoms with Crippen molar-refractivity contribution in [3.63, 3.8) is 0 Å². The molecule has 1 heterocycles. The molecule has 0 spiro atoms. The molecule has 3 rings (SSSR count). The molecule has 0 unspecified atom stereocenters. The van der Waals surface area contributed by atoms with Crippen molar-refractivity contribution in [3.05, 3.63) is 53.1 Å². The van der Waals surface area contributed by atoms with Gasteiger partial charge in [-0.3, -0.25) is 0 Å². The molecule has 5 nitrogen and oxygen atoms in total. The first-order chi connectivity index (χ1) is 16.6. The van der Waals surface area contributed by atoms with Crippen molar-refractivity contribution in [1.82, 2.24) is 0 Å². The van der Waals surface area contributed by atoms with Gasteiger partial charge in [0.25, 0.3) is 0 Å². The van der Waals surface area contributed by atoms with Gasteiger partial charge in [-0.2, -0.15) is 0 Å². The Labute approximate surface area is 210 Å². The van der Waals surface area contributed by atoms with Crippen LogP contribution in [0, 0.1) is 0 Å². The van der Waals surface area contributed by atoms with Gasteiger partial charge in [0, 0.05) is 11.1 Å². The van der Waals surface area contributed by atoms with Gasteiger partial charge in [0.15, 0.2) is 9.84 Å². The van der Waals surface area contributed by atoms with E-state index in [0.29, 0.717) is 34.8 Å². The van der Waals surface area contributed by atoms with E-state index in [2.05, 4.69) is 20.8 Å². The topological polar surface area (TPSA) is 80.7 Å². The first kappa shape index (κ1) is 27.0. The minimum atomic E-state index is -3.47. The summed E-state index contributed by atoms with van der Waals surface area (Å²) in [5.74, 6) is -0.493. The van der Waals surface area contributed by atoms with E-state index in [1.54, 1.807) is 18.2 Å². The fourth-order valence-corrected chi connectivity index (χ4v) is 6.57. The summed E-state index contributed by atoms with van der Waals surface area (Å²) in [5, 5.41) is 10.0. The van der Waals surface area contributed by atoms with Gasteiger partial charge in [0.05, 0.1) is 22.8 Å². The molecule has 2 aromatic rings. The van der Waals surface area contributed by atoms with Crippen LogP contribution in [0.1, 0.15) is 94.1 Å². The zero-order valence-electron chi connectivity index (χ0n) is 21.4. The molecular weight excluding hydrogens is 460 g/mol. The monoisotopic (exact) mass is 498 g/mol. The minimum Gasteiger partial charge on any atom is -0.493 e. The van der Waals surface area contributed by atoms with E-state index < -0.39 is 15.8 Å². The molecule has 0 aliphatic carbocycles. The lowest BCUT2D eigenvalue weighted by molar-refractivity contribution is 0.0697. The Morgan fingerprint density at radius 2 is 1.89 bits per heavy atom. The number of unbranched alkanes of at least 4 members (excludes halogenated alkanes) is 4. The molecule has 0 saturated carbocycles. The molecule has 190 valence electrons. The second-order valence-corrected chi connectivity index (χ2v) is 12.1. The lowest BCUT2D eigenvalue weighted by Gasteiger charge is -2.27. The highest BCUT2D eigenvalue weighted by molar-refractivity contribution is 7.91. The third kappa shape index (κ3) is 6.16. The van der Waals surface area contributed by atoms with Crippen molar-refractivity contribution in [3.8, 4) is 16.9 Å². The SMILES string of the molecule is CC=Cc1cccc(C(=O)O)c1-c1cc2c(cc1OCCCCCCC)S(=O)(=O)CCCC2(C)C. The number of carbonyl (C=O) groups is 1. The molecule has 1 aliphatic rings. The highest BCUT2D eigenvalue weighted by Gasteiger charge is 2.35. The van der Waals surface area contributed by atoms with Crippen LogP contribution >= 0.6 is 0 Å². The lowest BCUT2D eigenvalue weighted by atomic mass is 9.79. The Bertz CT molecular complexity index is 1190. The molecule has 6 heteroatoms. The molecule has 35 heavy (non-hydrogen) atoms. The average Bonchev–Trinajstić information content (AvgIpc) is 2.88. The fraction of sp³-hybridized carbons (Fsp3) is 0.483. The van der Waals surface area contributed by atoms with Gasteiger partial charge >= 0.3 is 5.97 Å². The smallest absolute Gasteiger partial charge is 0.336 e. The number of allylic oxidation sites excluding steroid dienone is 1. The van der Waals surface area contributed by atoms with Crippen molar-refractivity contribution in [1.29, 1.82) is 0 Å². The summed E-state index contributed by atoms with van der Waals surface area (Å²) < 4.78 is 32.7. The summed E-state index contributed by atoms with van der Waals surface area (Å²) in [4.78, 5) is 12.5. The number of carboxylic acid groups (broad SMARTS) is 1. The number of sulfone groups is 1. The van der Waals surface area contributed by atoms with Crippen molar-refractivity contribution in [2.45, 2.75) is 83.0 Å². The van der Waals surface area contributed by atoms with Crippen molar-refractivity contribution in [2.24, 2.45) is 0 Å². The summed E-state index contributed by atoms with van der Waals surface area (Å²) in [6.45, 7) is 8.62. The molecule has 1 aliphatic heterocycles. The maximum Gasteiger partial charge on any atom is 0.336 e. The standard InChI is InChI=1S/C29H38O5S/c1-5-7-8-9-10-17-34-25-20-26-24(29(3,4)16-12-18-35(26,32)33)19-23(25)27-21(13-6-2)14-11-15-22(27)28(30)31/h6,11,13-15,19-20H,5,7-10,12,16-18H2,1-4H3,(H,30,31). The van der Waals surface area contributed by atoms with Crippen LogP contribution in [0.3, 0.4) is 0 Å². The molecule has 0 saturated heterocycles. The Balaban J connectivity index is 2.24. The maximum atomic E-state index is 13.2. The number of carboxylic acids is 1. The number of ether oxygens (including phenoxy) is 1. The molecule has 0 aromatic heterocycles. The Hall–Kier alpha value is -2.60. The van der Waals surface area contributed by atoms with Crippen molar-refractivity contribution in [2.75, 3.05) is 12.4 Å². The normalized spacial score (nSPS) is 16.6. The van der Waals surface area contributed by atoms with E-state index in [1.807, 2.05) is 31.2 Å². The highest BCUT2D eigenvalue weighted by atomic mass is 32.2. The van der Waals surface area contributed by atoms with E-state index >= 15 is 0 Å². The van der Waals surface area contributed by atoms with Gasteiger partial charge < -0.3 is 9.84 Å². The van der Waals surface area contributed by atoms with Crippen LogP contribution in [0.25, 0.3) is 17.2 Å². The van der Waals surface area contributed by atoms with Gasteiger partial charge in [-0.1, -0.05) is 70.7 Å². The third-order valence-corrected chi connectivity index (χ3v) is 8.64. The number of hydrogen-bond donors (Lipinski definition) is 1. The lowest BCUT2D eigenvalue weighted by Crippen LogP contribution is -2.18. The van der Waals surface area contributed by atoms with Gasteiger partial charge in [-0.15, -0.1) is 0 Å². The van der Waals surface area contributed by atoms with Crippen LogP contribution in [-0.2, 0) is 15.3 Å². The highest BCUT2D eigenvalue weighted by Crippen LogP contribution is 2.45. The van der Waals surface area contributed by atoms with Gasteiger partial charge in [-0.25, -0.2) is 13.2 Å². The zero-order chi connectivity index (χ0) is 25.6. The second-order valence-electron chi connectivity index (χ2n) is 9.99. The molecular formula is C29H38O5S. The predicted molar refractivity (Wildman–Crippen MR) is 142 cm³/mol. The van der Waals surface area contributed by atoms with Gasteiger partial charge in [0.1, 0.15) is 5.75 Å². The van der Waals surface area contributed by atoms with E-state index in [1.165, 1.54) is 6.42 Å². The summed E-state index contributed by atoms with van der Waals surface area (Å²) in [6, 6.07) is 8.72. The predicted octanol–water partition coefficient (Wildman–Crippen LogP) is 7.28. The first-order valence-electron chi connectivity index (χ1n) is 12.7. The number of hydrogen-bond acceptors (Lipinski definition) is 4. The number of benzene rings is 2. The largest absolute Gasteiger partial charge is 0.493 e. The number of aromatic carboxylic acids is 1. The van der Waals surface area contributed by atoms with Crippen LogP contribution in [-0.4, -0.2) is 31.9 Å². The van der Waals surface area contributed by atoms with Crippen molar-refractivity contribution < 1.29 is 23.1 Å². The van der Waals surface area contributed by atoms with Crippen molar-refractivity contribution >= 4 is 21.9 Å². The Kier molecular flexibility index (Phi) is 8.81. The Morgan fingerprint density at radius 3 is 2.57 bits per heavy atom. The molecule has 2 aromatic carbocycles. The summed E-state index contributed by atoms with van der Waals surface area (Å²) in [6.07, 6.45) is 10.4. The quantitative estimate of drug-likeness (QED) is 0.348. The van der Waals surface area contributed by atoms with Gasteiger partial charge in [0.2, 0.25) is 0 Å². The van der Waals surface area contributed by atoms with Crippen LogP contribution in [0.4, 0.5) is 0 Å². The zero-order valence-corrected chi connectivity index (χ0v) is 22.2. The maximum absolute atomic E-state index is 13.2. The molecule has 0 bridgehead atoms. The number of rotatable bonds is 10.